The van der Waals surface area contributed by atoms with E-state index in [1.54, 1.807) is 6.07 Å². The lowest BCUT2D eigenvalue weighted by Crippen LogP contribution is -2.33. The van der Waals surface area contributed by atoms with Crippen LogP contribution in [0.5, 0.6) is 0 Å². The highest BCUT2D eigenvalue weighted by Crippen LogP contribution is 2.47. The monoisotopic (exact) mass is 382 g/mol. The molecule has 150 valence electrons. The van der Waals surface area contributed by atoms with E-state index in [4.69, 9.17) is 0 Å². The third-order valence-corrected chi connectivity index (χ3v) is 5.50. The molecule has 0 saturated heterocycles. The van der Waals surface area contributed by atoms with Crippen molar-refractivity contribution in [1.82, 2.24) is 0 Å². The minimum atomic E-state index is -4.34. The Morgan fingerprint density at radius 2 is 0.962 bits per heavy atom. The summed E-state index contributed by atoms with van der Waals surface area (Å²) < 4.78 is 34.8. The Kier molecular flexibility index (Phi) is 5.65. The molecule has 0 aliphatic rings. The van der Waals surface area contributed by atoms with Gasteiger partial charge >= 0.3 is 0 Å². The maximum Gasteiger partial charge on any atom is 0.294 e. The van der Waals surface area contributed by atoms with Crippen molar-refractivity contribution >= 4 is 10.1 Å². The van der Waals surface area contributed by atoms with Gasteiger partial charge in [0.1, 0.15) is 0 Å². The molecule has 0 aliphatic carbocycles. The number of hydrogen-bond donors (Lipinski definition) is 1. The molecule has 0 saturated carbocycles. The van der Waals surface area contributed by atoms with Gasteiger partial charge in [-0.3, -0.25) is 4.55 Å². The Morgan fingerprint density at radius 3 is 1.19 bits per heavy atom. The summed E-state index contributed by atoms with van der Waals surface area (Å²) >= 11 is 0. The fraction of sp³-hybridized carbons (Fsp3) is 0.727. The zero-order chi connectivity index (χ0) is 21.1. The van der Waals surface area contributed by atoms with E-state index in [2.05, 4.69) is 62.3 Å². The predicted molar refractivity (Wildman–Crippen MR) is 111 cm³/mol. The summed E-state index contributed by atoms with van der Waals surface area (Å²) in [6.45, 7) is 25.2. The first-order valence-corrected chi connectivity index (χ1v) is 10.7. The molecule has 0 amide bonds. The molecule has 3 nitrogen and oxygen atoms in total. The molecule has 1 N–H and O–H groups in total. The fourth-order valence-electron chi connectivity index (χ4n) is 3.73. The third-order valence-electron chi connectivity index (χ3n) is 4.63. The van der Waals surface area contributed by atoms with Gasteiger partial charge in [0.15, 0.2) is 0 Å². The molecule has 1 aromatic rings. The Morgan fingerprint density at radius 1 is 0.615 bits per heavy atom. The van der Waals surface area contributed by atoms with Gasteiger partial charge in [-0.25, -0.2) is 0 Å². The second-order valence-corrected chi connectivity index (χ2v) is 12.9. The summed E-state index contributed by atoms with van der Waals surface area (Å²) in [5, 5.41) is 0. The van der Waals surface area contributed by atoms with Gasteiger partial charge in [-0.2, -0.15) is 8.42 Å². The van der Waals surface area contributed by atoms with E-state index in [0.717, 1.165) is 16.7 Å². The van der Waals surface area contributed by atoms with Crippen LogP contribution >= 0.6 is 0 Å². The molecule has 1 rings (SSSR count). The van der Waals surface area contributed by atoms with E-state index in [1.807, 2.05) is 20.8 Å². The van der Waals surface area contributed by atoms with Crippen molar-refractivity contribution in [2.24, 2.45) is 0 Å². The van der Waals surface area contributed by atoms with Crippen molar-refractivity contribution in [2.45, 2.75) is 110 Å². The lowest BCUT2D eigenvalue weighted by molar-refractivity contribution is 0.454. The molecule has 0 aromatic heterocycles. The highest BCUT2D eigenvalue weighted by atomic mass is 32.2. The van der Waals surface area contributed by atoms with Crippen LogP contribution in [-0.2, 0) is 31.8 Å². The van der Waals surface area contributed by atoms with Crippen LogP contribution in [0.3, 0.4) is 0 Å². The van der Waals surface area contributed by atoms with Gasteiger partial charge in [0.05, 0.1) is 4.90 Å². The van der Waals surface area contributed by atoms with Crippen molar-refractivity contribution in [2.75, 3.05) is 0 Å². The Balaban J connectivity index is 4.49. The maximum absolute atomic E-state index is 12.4. The van der Waals surface area contributed by atoms with Gasteiger partial charge < -0.3 is 0 Å². The largest absolute Gasteiger partial charge is 0.294 e. The lowest BCUT2D eigenvalue weighted by Gasteiger charge is -2.41. The van der Waals surface area contributed by atoms with Crippen LogP contribution in [-0.4, -0.2) is 13.0 Å². The summed E-state index contributed by atoms with van der Waals surface area (Å²) in [4.78, 5) is 0.0489. The van der Waals surface area contributed by atoms with Gasteiger partial charge in [-0.05, 0) is 50.0 Å². The lowest BCUT2D eigenvalue weighted by atomic mass is 9.64. The Bertz CT molecular complexity index is 788. The molecule has 0 aliphatic heterocycles. The molecule has 0 unspecified atom stereocenters. The first-order valence-electron chi connectivity index (χ1n) is 9.30. The van der Waals surface area contributed by atoms with Crippen LogP contribution in [0.1, 0.15) is 105 Å². The fourth-order valence-corrected chi connectivity index (χ4v) is 4.66. The van der Waals surface area contributed by atoms with Gasteiger partial charge in [-0.1, -0.05) is 83.1 Å². The molecule has 0 fully saturated rings. The number of benzene rings is 1. The van der Waals surface area contributed by atoms with Crippen molar-refractivity contribution in [3.05, 3.63) is 28.3 Å². The second-order valence-electron chi connectivity index (χ2n) is 11.5. The Labute approximate surface area is 161 Å². The summed E-state index contributed by atoms with van der Waals surface area (Å²) in [5.41, 5.74) is 2.82. The van der Waals surface area contributed by atoms with E-state index in [1.165, 1.54) is 5.56 Å². The number of hydrogen-bond acceptors (Lipinski definition) is 2. The van der Waals surface area contributed by atoms with Crippen LogP contribution in [0.15, 0.2) is 11.0 Å². The van der Waals surface area contributed by atoms with Gasteiger partial charge in [0.2, 0.25) is 0 Å². The maximum atomic E-state index is 12.4. The molecular weight excluding hydrogens is 344 g/mol. The normalized spacial score (nSPS) is 14.7. The van der Waals surface area contributed by atoms with Crippen LogP contribution in [0.25, 0.3) is 0 Å². The SMILES string of the molecule is CC(C)(C)c1cc(S(=O)(=O)O)c(C(C)(C)C)c(C(C)(C)C)c1C(C)(C)C. The molecule has 1 aromatic carbocycles. The highest BCUT2D eigenvalue weighted by molar-refractivity contribution is 7.85. The molecule has 0 atom stereocenters. The highest BCUT2D eigenvalue weighted by Gasteiger charge is 2.39. The molecule has 0 radical (unpaired) electrons. The van der Waals surface area contributed by atoms with Crippen LogP contribution in [0.4, 0.5) is 0 Å². The van der Waals surface area contributed by atoms with Crippen molar-refractivity contribution < 1.29 is 13.0 Å². The number of rotatable bonds is 1. The van der Waals surface area contributed by atoms with Gasteiger partial charge in [0, 0.05) is 0 Å². The minimum Gasteiger partial charge on any atom is -0.282 e. The first kappa shape index (κ1) is 23.2. The quantitative estimate of drug-likeness (QED) is 0.595. The van der Waals surface area contributed by atoms with Gasteiger partial charge in [-0.15, -0.1) is 0 Å². The van der Waals surface area contributed by atoms with Crippen LogP contribution < -0.4 is 0 Å². The molecule has 0 heterocycles. The standard InChI is InChI=1S/C22H38O3S/c1-19(2,3)14-13-15(26(23,24)25)17(21(7,8)9)18(22(10,11)12)16(14)20(4,5)6/h13H,1-12H3,(H,23,24,25). The molecular formula is C22H38O3S. The van der Waals surface area contributed by atoms with E-state index in [0.29, 0.717) is 0 Å². The Hall–Kier alpha value is -0.870. The third kappa shape index (κ3) is 4.69. The minimum absolute atomic E-state index is 0.0489. The van der Waals surface area contributed by atoms with Crippen LogP contribution in [0, 0.1) is 0 Å². The van der Waals surface area contributed by atoms with Crippen LogP contribution in [0.2, 0.25) is 0 Å². The topological polar surface area (TPSA) is 54.4 Å². The van der Waals surface area contributed by atoms with Gasteiger partial charge in [0.25, 0.3) is 10.1 Å². The van der Waals surface area contributed by atoms with Crippen molar-refractivity contribution in [3.63, 3.8) is 0 Å². The summed E-state index contributed by atoms with van der Waals surface area (Å²) in [6, 6.07) is 1.71. The summed E-state index contributed by atoms with van der Waals surface area (Å²) in [7, 11) is -4.34. The predicted octanol–water partition coefficient (Wildman–Crippen LogP) is 6.12. The molecule has 0 spiro atoms. The molecule has 26 heavy (non-hydrogen) atoms. The van der Waals surface area contributed by atoms with E-state index in [-0.39, 0.29) is 21.1 Å². The van der Waals surface area contributed by atoms with E-state index >= 15 is 0 Å². The van der Waals surface area contributed by atoms with E-state index < -0.39 is 15.5 Å². The average molecular weight is 383 g/mol. The van der Waals surface area contributed by atoms with E-state index in [9.17, 15) is 13.0 Å². The zero-order valence-electron chi connectivity index (χ0n) is 18.7. The summed E-state index contributed by atoms with van der Waals surface area (Å²) in [5.74, 6) is 0. The summed E-state index contributed by atoms with van der Waals surface area (Å²) in [6.07, 6.45) is 0. The zero-order valence-corrected chi connectivity index (χ0v) is 19.6. The van der Waals surface area contributed by atoms with Crippen molar-refractivity contribution in [1.29, 1.82) is 0 Å². The smallest absolute Gasteiger partial charge is 0.282 e. The average Bonchev–Trinajstić information content (AvgIpc) is 2.30. The molecule has 4 heteroatoms. The first-order chi connectivity index (χ1) is 11.1. The second kappa shape index (κ2) is 6.34. The van der Waals surface area contributed by atoms with Crippen molar-refractivity contribution in [3.8, 4) is 0 Å². The molecule has 0 bridgehead atoms.